The monoisotopic (exact) mass is 342 g/mol. The molecule has 0 radical (unpaired) electrons. The molecule has 4 rings (SSSR count). The van der Waals surface area contributed by atoms with Gasteiger partial charge in [-0.15, -0.1) is 5.10 Å². The van der Waals surface area contributed by atoms with Gasteiger partial charge in [-0.2, -0.15) is 4.68 Å². The van der Waals surface area contributed by atoms with Gasteiger partial charge in [0.25, 0.3) is 0 Å². The number of hydrogen-bond donors (Lipinski definition) is 2. The van der Waals surface area contributed by atoms with Crippen molar-refractivity contribution in [2.75, 3.05) is 11.9 Å². The molecule has 1 aliphatic carbocycles. The first-order chi connectivity index (χ1) is 12.1. The number of rotatable bonds is 3. The fourth-order valence-electron chi connectivity index (χ4n) is 3.81. The lowest BCUT2D eigenvalue weighted by molar-refractivity contribution is 0.00998. The molecule has 0 unspecified atom stereocenters. The van der Waals surface area contributed by atoms with E-state index >= 15 is 0 Å². The molecule has 8 nitrogen and oxygen atoms in total. The number of nitrogens with one attached hydrogen (secondary N) is 2. The Balaban J connectivity index is 1.33. The number of tetrazole rings is 1. The SMILES string of the molecule is Cc1nnnn1-c1ccc(NC(=O)N[C@H]2COC3(CCCC3)C2)cc1. The fraction of sp³-hybridized carbons (Fsp3) is 0.529. The molecular formula is C17H22N6O2. The maximum atomic E-state index is 12.2. The van der Waals surface area contributed by atoms with E-state index in [1.807, 2.05) is 31.2 Å². The molecule has 1 saturated heterocycles. The Kier molecular flexibility index (Phi) is 4.12. The summed E-state index contributed by atoms with van der Waals surface area (Å²) in [5.41, 5.74) is 1.59. The van der Waals surface area contributed by atoms with Gasteiger partial charge in [-0.1, -0.05) is 12.8 Å². The van der Waals surface area contributed by atoms with Gasteiger partial charge in [0, 0.05) is 5.69 Å². The number of anilines is 1. The summed E-state index contributed by atoms with van der Waals surface area (Å²) in [5, 5.41) is 17.3. The van der Waals surface area contributed by atoms with Crippen molar-refractivity contribution in [1.82, 2.24) is 25.5 Å². The lowest BCUT2D eigenvalue weighted by Gasteiger charge is -2.21. The molecule has 132 valence electrons. The van der Waals surface area contributed by atoms with Crippen LogP contribution in [0.5, 0.6) is 0 Å². The van der Waals surface area contributed by atoms with Crippen LogP contribution in [0.1, 0.15) is 37.9 Å². The smallest absolute Gasteiger partial charge is 0.319 e. The molecule has 2 heterocycles. The molecule has 2 aliphatic rings. The van der Waals surface area contributed by atoms with Crippen LogP contribution >= 0.6 is 0 Å². The van der Waals surface area contributed by atoms with Gasteiger partial charge >= 0.3 is 6.03 Å². The van der Waals surface area contributed by atoms with Gasteiger partial charge in [-0.25, -0.2) is 4.79 Å². The number of amides is 2. The minimum absolute atomic E-state index is 0.0172. The van der Waals surface area contributed by atoms with Gasteiger partial charge in [-0.05, 0) is 60.9 Å². The van der Waals surface area contributed by atoms with Crippen molar-refractivity contribution in [3.8, 4) is 5.69 Å². The van der Waals surface area contributed by atoms with Gasteiger partial charge in [-0.3, -0.25) is 0 Å². The largest absolute Gasteiger partial charge is 0.373 e. The third-order valence-electron chi connectivity index (χ3n) is 5.05. The highest BCUT2D eigenvalue weighted by Crippen LogP contribution is 2.40. The van der Waals surface area contributed by atoms with Crippen molar-refractivity contribution in [3.63, 3.8) is 0 Å². The standard InChI is InChI=1S/C17H22N6O2/c1-12-20-21-22-23(12)15-6-4-13(5-7-15)18-16(24)19-14-10-17(25-11-14)8-2-3-9-17/h4-7,14H,2-3,8-11H2,1H3,(H2,18,19,24)/t14-/m1/s1. The van der Waals surface area contributed by atoms with E-state index in [-0.39, 0.29) is 17.7 Å². The molecule has 1 aromatic carbocycles. The van der Waals surface area contributed by atoms with Gasteiger partial charge in [0.15, 0.2) is 5.82 Å². The second-order valence-corrected chi connectivity index (χ2v) is 6.89. The average molecular weight is 342 g/mol. The van der Waals surface area contributed by atoms with Gasteiger partial charge in [0.2, 0.25) is 0 Å². The Morgan fingerprint density at radius 3 is 2.72 bits per heavy atom. The van der Waals surface area contributed by atoms with Crippen molar-refractivity contribution >= 4 is 11.7 Å². The first kappa shape index (κ1) is 16.0. The van der Waals surface area contributed by atoms with E-state index in [0.29, 0.717) is 12.4 Å². The zero-order valence-electron chi connectivity index (χ0n) is 14.2. The first-order valence-corrected chi connectivity index (χ1v) is 8.70. The van der Waals surface area contributed by atoms with Crippen LogP contribution in [-0.4, -0.2) is 44.5 Å². The summed E-state index contributed by atoms with van der Waals surface area (Å²) in [6.45, 7) is 2.44. The minimum atomic E-state index is -0.199. The van der Waals surface area contributed by atoms with E-state index in [0.717, 1.165) is 30.6 Å². The Bertz CT molecular complexity index is 751. The fourth-order valence-corrected chi connectivity index (χ4v) is 3.81. The Hall–Kier alpha value is -2.48. The van der Waals surface area contributed by atoms with Crippen LogP contribution in [0.2, 0.25) is 0 Å². The van der Waals surface area contributed by atoms with Crippen LogP contribution in [0.25, 0.3) is 5.69 Å². The normalized spacial score (nSPS) is 21.6. The number of ether oxygens (including phenoxy) is 1. The second kappa shape index (κ2) is 6.44. The molecular weight excluding hydrogens is 320 g/mol. The lowest BCUT2D eigenvalue weighted by atomic mass is 9.96. The molecule has 2 fully saturated rings. The minimum Gasteiger partial charge on any atom is -0.373 e. The molecule has 2 amide bonds. The molecule has 2 aromatic rings. The van der Waals surface area contributed by atoms with E-state index in [4.69, 9.17) is 4.74 Å². The predicted octanol–water partition coefficient (Wildman–Crippen LogP) is 2.19. The molecule has 1 atom stereocenters. The molecule has 8 heteroatoms. The highest BCUT2D eigenvalue weighted by molar-refractivity contribution is 5.89. The summed E-state index contributed by atoms with van der Waals surface area (Å²) >= 11 is 0. The summed E-state index contributed by atoms with van der Waals surface area (Å²) in [7, 11) is 0. The van der Waals surface area contributed by atoms with Gasteiger partial charge in [0.05, 0.1) is 23.9 Å². The number of carbonyl (C=O) groups is 1. The maximum Gasteiger partial charge on any atom is 0.319 e. The van der Waals surface area contributed by atoms with Crippen LogP contribution in [0, 0.1) is 6.92 Å². The number of aryl methyl sites for hydroxylation is 1. The number of carbonyl (C=O) groups excluding carboxylic acids is 1. The number of hydrogen-bond acceptors (Lipinski definition) is 5. The summed E-state index contributed by atoms with van der Waals surface area (Å²) in [6.07, 6.45) is 5.60. The molecule has 25 heavy (non-hydrogen) atoms. The van der Waals surface area contributed by atoms with Crippen LogP contribution in [0.4, 0.5) is 10.5 Å². The van der Waals surface area contributed by atoms with Crippen LogP contribution in [0.3, 0.4) is 0 Å². The quantitative estimate of drug-likeness (QED) is 0.892. The molecule has 1 aliphatic heterocycles. The van der Waals surface area contributed by atoms with E-state index in [9.17, 15) is 4.79 Å². The van der Waals surface area contributed by atoms with E-state index in [1.54, 1.807) is 4.68 Å². The van der Waals surface area contributed by atoms with Gasteiger partial charge < -0.3 is 15.4 Å². The van der Waals surface area contributed by atoms with Crippen LogP contribution < -0.4 is 10.6 Å². The Morgan fingerprint density at radius 2 is 2.04 bits per heavy atom. The topological polar surface area (TPSA) is 94.0 Å². The van der Waals surface area contributed by atoms with Crippen LogP contribution in [0.15, 0.2) is 24.3 Å². The van der Waals surface area contributed by atoms with Crippen molar-refractivity contribution in [2.24, 2.45) is 0 Å². The van der Waals surface area contributed by atoms with Crippen molar-refractivity contribution in [2.45, 2.75) is 50.7 Å². The van der Waals surface area contributed by atoms with Gasteiger partial charge in [0.1, 0.15) is 0 Å². The van der Waals surface area contributed by atoms with Crippen molar-refractivity contribution < 1.29 is 9.53 Å². The van der Waals surface area contributed by atoms with Crippen LogP contribution in [-0.2, 0) is 4.74 Å². The third kappa shape index (κ3) is 3.34. The highest BCUT2D eigenvalue weighted by atomic mass is 16.5. The molecule has 1 saturated carbocycles. The first-order valence-electron chi connectivity index (χ1n) is 8.70. The second-order valence-electron chi connectivity index (χ2n) is 6.89. The molecule has 1 aromatic heterocycles. The third-order valence-corrected chi connectivity index (χ3v) is 5.05. The number of nitrogens with zero attached hydrogens (tertiary/aromatic N) is 4. The zero-order chi connectivity index (χ0) is 17.3. The zero-order valence-corrected chi connectivity index (χ0v) is 14.2. The molecule has 2 N–H and O–H groups in total. The van der Waals surface area contributed by atoms with E-state index < -0.39 is 0 Å². The number of benzene rings is 1. The lowest BCUT2D eigenvalue weighted by Crippen LogP contribution is -2.39. The molecule has 1 spiro atoms. The predicted molar refractivity (Wildman–Crippen MR) is 91.6 cm³/mol. The Labute approximate surface area is 145 Å². The average Bonchev–Trinajstić information content (AvgIpc) is 3.32. The van der Waals surface area contributed by atoms with E-state index in [2.05, 4.69) is 26.2 Å². The molecule has 0 bridgehead atoms. The number of urea groups is 1. The number of aromatic nitrogens is 4. The maximum absolute atomic E-state index is 12.2. The summed E-state index contributed by atoms with van der Waals surface area (Å²) < 4.78 is 7.61. The van der Waals surface area contributed by atoms with Crippen molar-refractivity contribution in [3.05, 3.63) is 30.1 Å². The summed E-state index contributed by atoms with van der Waals surface area (Å²) in [5.74, 6) is 0.709. The summed E-state index contributed by atoms with van der Waals surface area (Å²) in [6, 6.07) is 7.28. The van der Waals surface area contributed by atoms with Crippen molar-refractivity contribution in [1.29, 1.82) is 0 Å². The highest BCUT2D eigenvalue weighted by Gasteiger charge is 2.42. The summed E-state index contributed by atoms with van der Waals surface area (Å²) in [4.78, 5) is 12.2. The Morgan fingerprint density at radius 1 is 1.28 bits per heavy atom. The van der Waals surface area contributed by atoms with E-state index in [1.165, 1.54) is 12.8 Å².